The van der Waals surface area contributed by atoms with E-state index in [1.807, 2.05) is 0 Å². The highest BCUT2D eigenvalue weighted by atomic mass is 16.7. The zero-order chi connectivity index (χ0) is 21.5. The summed E-state index contributed by atoms with van der Waals surface area (Å²) in [4.78, 5) is 32.8. The van der Waals surface area contributed by atoms with Crippen molar-refractivity contribution in [3.63, 3.8) is 0 Å². The predicted molar refractivity (Wildman–Crippen MR) is 108 cm³/mol. The minimum atomic E-state index is -0.700. The fourth-order valence-electron chi connectivity index (χ4n) is 3.17. The van der Waals surface area contributed by atoms with E-state index >= 15 is 0 Å². The van der Waals surface area contributed by atoms with Crippen molar-refractivity contribution >= 4 is 29.2 Å². The molecule has 2 aromatic rings. The molecule has 0 aliphatic carbocycles. The molecule has 0 radical (unpaired) electrons. The van der Waals surface area contributed by atoms with Crippen molar-refractivity contribution in [2.24, 2.45) is 0 Å². The fourth-order valence-corrected chi connectivity index (χ4v) is 3.17. The molecule has 1 aromatic heterocycles. The Morgan fingerprint density at radius 3 is 2.77 bits per heavy atom. The number of carbonyl (C=O) groups is 1. The van der Waals surface area contributed by atoms with Gasteiger partial charge in [0.15, 0.2) is 0 Å². The van der Waals surface area contributed by atoms with Crippen LogP contribution in [0.25, 0.3) is 0 Å². The molecule has 1 aliphatic rings. The average Bonchev–Trinajstić information content (AvgIpc) is 2.74. The molecule has 11 heteroatoms. The lowest BCUT2D eigenvalue weighted by Gasteiger charge is -2.31. The number of methoxy groups -OCH3 is 1. The second kappa shape index (κ2) is 9.72. The number of benzene rings is 1. The van der Waals surface area contributed by atoms with Crippen molar-refractivity contribution in [3.05, 3.63) is 40.7 Å². The fraction of sp³-hybridized carbons (Fsp3) is 0.421. The van der Waals surface area contributed by atoms with Crippen LogP contribution >= 0.6 is 0 Å². The highest BCUT2D eigenvalue weighted by Crippen LogP contribution is 2.35. The standard InChI is InChI=1S/C19H23N5O6/c1-3-29-19(25)30-14-7-9-23(10-8-14)18-16(24(26)27)17(20-12-21-18)22-13-5-4-6-15(11-13)28-2/h4-6,11-12,14H,3,7-10H2,1-2H3,(H,20,21,22). The molecule has 0 bridgehead atoms. The number of nitrogens with one attached hydrogen (secondary N) is 1. The summed E-state index contributed by atoms with van der Waals surface area (Å²) < 4.78 is 15.2. The van der Waals surface area contributed by atoms with Crippen LogP contribution in [0.3, 0.4) is 0 Å². The van der Waals surface area contributed by atoms with Gasteiger partial charge in [-0.1, -0.05) is 6.07 Å². The number of nitro groups is 1. The number of piperidine rings is 1. The van der Waals surface area contributed by atoms with Crippen LogP contribution < -0.4 is 15.0 Å². The van der Waals surface area contributed by atoms with Crippen molar-refractivity contribution in [1.82, 2.24) is 9.97 Å². The Morgan fingerprint density at radius 1 is 1.33 bits per heavy atom. The van der Waals surface area contributed by atoms with Crippen LogP contribution in [0.1, 0.15) is 19.8 Å². The van der Waals surface area contributed by atoms with Crippen LogP contribution in [0.2, 0.25) is 0 Å². The van der Waals surface area contributed by atoms with Crippen LogP contribution in [-0.2, 0) is 9.47 Å². The summed E-state index contributed by atoms with van der Waals surface area (Å²) in [6, 6.07) is 7.01. The normalized spacial score (nSPS) is 14.1. The molecule has 1 N–H and O–H groups in total. The number of rotatable bonds is 7. The Morgan fingerprint density at radius 2 is 2.10 bits per heavy atom. The van der Waals surface area contributed by atoms with E-state index in [-0.39, 0.29) is 30.0 Å². The van der Waals surface area contributed by atoms with Crippen molar-refractivity contribution in [2.45, 2.75) is 25.9 Å². The van der Waals surface area contributed by atoms with E-state index in [1.54, 1.807) is 43.2 Å². The molecule has 0 saturated carbocycles. The number of aromatic nitrogens is 2. The lowest BCUT2D eigenvalue weighted by molar-refractivity contribution is -0.383. The number of anilines is 3. The van der Waals surface area contributed by atoms with E-state index < -0.39 is 11.1 Å². The lowest BCUT2D eigenvalue weighted by atomic mass is 10.1. The van der Waals surface area contributed by atoms with Crippen molar-refractivity contribution in [2.75, 3.05) is 37.0 Å². The summed E-state index contributed by atoms with van der Waals surface area (Å²) >= 11 is 0. The second-order valence-corrected chi connectivity index (χ2v) is 6.50. The Hall–Kier alpha value is -3.63. The SMILES string of the molecule is CCOC(=O)OC1CCN(c2ncnc(Nc3cccc(OC)c3)c2[N+](=O)[O-])CC1. The number of hydrogen-bond donors (Lipinski definition) is 1. The average molecular weight is 417 g/mol. The predicted octanol–water partition coefficient (Wildman–Crippen LogP) is 3.28. The van der Waals surface area contributed by atoms with E-state index in [4.69, 9.17) is 14.2 Å². The number of nitrogens with zero attached hydrogens (tertiary/aromatic N) is 4. The van der Waals surface area contributed by atoms with Gasteiger partial charge in [-0.3, -0.25) is 10.1 Å². The number of ether oxygens (including phenoxy) is 3. The van der Waals surface area contributed by atoms with Gasteiger partial charge in [0.1, 0.15) is 18.2 Å². The molecule has 160 valence electrons. The molecule has 2 heterocycles. The molecule has 11 nitrogen and oxygen atoms in total. The van der Waals surface area contributed by atoms with Gasteiger partial charge in [-0.15, -0.1) is 0 Å². The second-order valence-electron chi connectivity index (χ2n) is 6.50. The lowest BCUT2D eigenvalue weighted by Crippen LogP contribution is -2.38. The van der Waals surface area contributed by atoms with Gasteiger partial charge in [-0.2, -0.15) is 0 Å². The summed E-state index contributed by atoms with van der Waals surface area (Å²) in [6.07, 6.45) is 1.31. The van der Waals surface area contributed by atoms with Gasteiger partial charge in [0.25, 0.3) is 0 Å². The van der Waals surface area contributed by atoms with Crippen LogP contribution in [-0.4, -0.2) is 54.0 Å². The van der Waals surface area contributed by atoms with Crippen LogP contribution in [0.4, 0.5) is 27.8 Å². The van der Waals surface area contributed by atoms with Crippen molar-refractivity contribution in [3.8, 4) is 5.75 Å². The van der Waals surface area contributed by atoms with Crippen LogP contribution in [0, 0.1) is 10.1 Å². The zero-order valence-corrected chi connectivity index (χ0v) is 16.7. The van der Waals surface area contributed by atoms with E-state index in [1.165, 1.54) is 6.33 Å². The van der Waals surface area contributed by atoms with E-state index in [0.29, 0.717) is 37.4 Å². The molecule has 0 atom stereocenters. The third kappa shape index (κ3) is 5.04. The first-order valence-electron chi connectivity index (χ1n) is 9.50. The topological polar surface area (TPSA) is 129 Å². The monoisotopic (exact) mass is 417 g/mol. The Labute approximate surface area is 173 Å². The summed E-state index contributed by atoms with van der Waals surface area (Å²) in [7, 11) is 1.54. The summed E-state index contributed by atoms with van der Waals surface area (Å²) in [6.45, 7) is 2.84. The molecule has 0 spiro atoms. The van der Waals surface area contributed by atoms with Gasteiger partial charge < -0.3 is 24.4 Å². The maximum Gasteiger partial charge on any atom is 0.508 e. The first-order valence-corrected chi connectivity index (χ1v) is 9.50. The minimum Gasteiger partial charge on any atom is -0.497 e. The highest BCUT2D eigenvalue weighted by molar-refractivity contribution is 5.74. The molecular formula is C19H23N5O6. The Kier molecular flexibility index (Phi) is 6.83. The van der Waals surface area contributed by atoms with Crippen LogP contribution in [0.5, 0.6) is 5.75 Å². The molecule has 0 amide bonds. The minimum absolute atomic E-state index is 0.0863. The molecule has 1 saturated heterocycles. The van der Waals surface area contributed by atoms with Crippen molar-refractivity contribution < 1.29 is 23.9 Å². The maximum atomic E-state index is 11.8. The highest BCUT2D eigenvalue weighted by Gasteiger charge is 2.31. The van der Waals surface area contributed by atoms with Crippen molar-refractivity contribution in [1.29, 1.82) is 0 Å². The molecule has 1 fully saturated rings. The Bertz CT molecular complexity index is 901. The summed E-state index contributed by atoms with van der Waals surface area (Å²) in [5.74, 6) is 0.915. The van der Waals surface area contributed by atoms with Gasteiger partial charge in [0.05, 0.1) is 18.6 Å². The molecule has 3 rings (SSSR count). The van der Waals surface area contributed by atoms with E-state index in [2.05, 4.69) is 15.3 Å². The summed E-state index contributed by atoms with van der Waals surface area (Å²) in [5.41, 5.74) is 0.383. The number of hydrogen-bond acceptors (Lipinski definition) is 10. The summed E-state index contributed by atoms with van der Waals surface area (Å²) in [5, 5.41) is 14.8. The first-order chi connectivity index (χ1) is 14.5. The van der Waals surface area contributed by atoms with Gasteiger partial charge in [0, 0.05) is 37.7 Å². The van der Waals surface area contributed by atoms with E-state index in [9.17, 15) is 14.9 Å². The van der Waals surface area contributed by atoms with Gasteiger partial charge in [0.2, 0.25) is 11.6 Å². The molecule has 1 aromatic carbocycles. The third-order valence-electron chi connectivity index (χ3n) is 4.58. The molecular weight excluding hydrogens is 394 g/mol. The maximum absolute atomic E-state index is 11.8. The zero-order valence-electron chi connectivity index (χ0n) is 16.7. The first kappa shape index (κ1) is 21.1. The smallest absolute Gasteiger partial charge is 0.497 e. The number of carbonyl (C=O) groups excluding carboxylic acids is 1. The van der Waals surface area contributed by atoms with Crippen LogP contribution in [0.15, 0.2) is 30.6 Å². The van der Waals surface area contributed by atoms with Gasteiger partial charge in [-0.25, -0.2) is 14.8 Å². The van der Waals surface area contributed by atoms with Gasteiger partial charge >= 0.3 is 11.8 Å². The molecule has 0 unspecified atom stereocenters. The largest absolute Gasteiger partial charge is 0.508 e. The van der Waals surface area contributed by atoms with E-state index in [0.717, 1.165) is 0 Å². The molecule has 1 aliphatic heterocycles. The van der Waals surface area contributed by atoms with Gasteiger partial charge in [-0.05, 0) is 19.1 Å². The molecule has 30 heavy (non-hydrogen) atoms. The third-order valence-corrected chi connectivity index (χ3v) is 4.58. The quantitative estimate of drug-likeness (QED) is 0.407. The Balaban J connectivity index is 1.77.